The van der Waals surface area contributed by atoms with Gasteiger partial charge in [-0.2, -0.15) is 0 Å². The summed E-state index contributed by atoms with van der Waals surface area (Å²) in [6.07, 6.45) is 1.38. The molecule has 0 aromatic rings. The monoisotopic (exact) mass is 184 g/mol. The molecule has 1 fully saturated rings. The fourth-order valence-corrected chi connectivity index (χ4v) is 2.45. The van der Waals surface area contributed by atoms with E-state index < -0.39 is 0 Å². The topological polar surface area (TPSA) is 15.3 Å². The molecule has 0 spiro atoms. The number of hydrogen-bond acceptors (Lipinski definition) is 2. The Bertz CT molecular complexity index is 147. The van der Waals surface area contributed by atoms with Crippen molar-refractivity contribution in [3.05, 3.63) is 0 Å². The first kappa shape index (κ1) is 11.0. The van der Waals surface area contributed by atoms with Gasteiger partial charge in [-0.25, -0.2) is 0 Å². The van der Waals surface area contributed by atoms with E-state index in [0.29, 0.717) is 0 Å². The summed E-state index contributed by atoms with van der Waals surface area (Å²) < 4.78 is 0. The Hall–Kier alpha value is -0.0800. The molecule has 78 valence electrons. The van der Waals surface area contributed by atoms with Gasteiger partial charge in [-0.05, 0) is 38.8 Å². The van der Waals surface area contributed by atoms with Crippen molar-refractivity contribution in [3.63, 3.8) is 0 Å². The fraction of sp³-hybridized carbons (Fsp3) is 1.00. The highest BCUT2D eigenvalue weighted by Crippen LogP contribution is 2.22. The van der Waals surface area contributed by atoms with Crippen LogP contribution < -0.4 is 5.32 Å². The Morgan fingerprint density at radius 1 is 1.46 bits per heavy atom. The summed E-state index contributed by atoms with van der Waals surface area (Å²) in [5.74, 6) is 1.68. The highest BCUT2D eigenvalue weighted by molar-refractivity contribution is 4.81. The van der Waals surface area contributed by atoms with Crippen LogP contribution in [0.3, 0.4) is 0 Å². The van der Waals surface area contributed by atoms with E-state index in [-0.39, 0.29) is 0 Å². The largest absolute Gasteiger partial charge is 0.319 e. The number of likely N-dealkylation sites (tertiary alicyclic amines) is 1. The second-order valence-corrected chi connectivity index (χ2v) is 4.81. The molecule has 1 N–H and O–H groups in total. The van der Waals surface area contributed by atoms with Crippen LogP contribution in [0.4, 0.5) is 0 Å². The lowest BCUT2D eigenvalue weighted by Crippen LogP contribution is -2.34. The molecule has 0 bridgehead atoms. The van der Waals surface area contributed by atoms with Gasteiger partial charge >= 0.3 is 0 Å². The van der Waals surface area contributed by atoms with E-state index in [1.807, 2.05) is 7.05 Å². The van der Waals surface area contributed by atoms with Gasteiger partial charge in [0.2, 0.25) is 0 Å². The van der Waals surface area contributed by atoms with Gasteiger partial charge in [0.25, 0.3) is 0 Å². The molecular weight excluding hydrogens is 160 g/mol. The van der Waals surface area contributed by atoms with Crippen LogP contribution in [0.5, 0.6) is 0 Å². The highest BCUT2D eigenvalue weighted by Gasteiger charge is 2.26. The van der Waals surface area contributed by atoms with Gasteiger partial charge in [0.1, 0.15) is 0 Å². The Morgan fingerprint density at radius 3 is 2.62 bits per heavy atom. The molecule has 0 aliphatic carbocycles. The number of hydrogen-bond donors (Lipinski definition) is 1. The minimum atomic E-state index is 0.776. The maximum Gasteiger partial charge on any atom is 0.00701 e. The Balaban J connectivity index is 2.28. The maximum atomic E-state index is 3.24. The molecule has 1 rings (SSSR count). The summed E-state index contributed by atoms with van der Waals surface area (Å²) in [7, 11) is 2.03. The summed E-state index contributed by atoms with van der Waals surface area (Å²) in [5, 5.41) is 3.24. The molecular formula is C11H24N2. The molecule has 0 radical (unpaired) electrons. The lowest BCUT2D eigenvalue weighted by atomic mass is 10.1. The van der Waals surface area contributed by atoms with Gasteiger partial charge < -0.3 is 10.2 Å². The quantitative estimate of drug-likeness (QED) is 0.713. The van der Waals surface area contributed by atoms with E-state index >= 15 is 0 Å². The summed E-state index contributed by atoms with van der Waals surface area (Å²) in [4.78, 5) is 2.63. The minimum Gasteiger partial charge on any atom is -0.319 e. The zero-order valence-electron chi connectivity index (χ0n) is 9.51. The van der Waals surface area contributed by atoms with Crippen molar-refractivity contribution in [1.29, 1.82) is 0 Å². The van der Waals surface area contributed by atoms with Crippen LogP contribution in [0.15, 0.2) is 0 Å². The molecule has 1 aliphatic rings. The first-order valence-electron chi connectivity index (χ1n) is 5.52. The minimum absolute atomic E-state index is 0.776. The van der Waals surface area contributed by atoms with Gasteiger partial charge in [0.05, 0.1) is 0 Å². The Kier molecular flexibility index (Phi) is 4.20. The third-order valence-electron chi connectivity index (χ3n) is 3.01. The third-order valence-corrected chi connectivity index (χ3v) is 3.01. The van der Waals surface area contributed by atoms with E-state index in [1.54, 1.807) is 0 Å². The molecule has 1 heterocycles. The van der Waals surface area contributed by atoms with Gasteiger partial charge in [0, 0.05) is 19.1 Å². The molecule has 2 nitrogen and oxygen atoms in total. The molecule has 2 heteroatoms. The maximum absolute atomic E-state index is 3.24. The summed E-state index contributed by atoms with van der Waals surface area (Å²) in [6.45, 7) is 10.7. The molecule has 1 saturated heterocycles. The van der Waals surface area contributed by atoms with Crippen LogP contribution in [0.1, 0.15) is 27.2 Å². The fourth-order valence-electron chi connectivity index (χ4n) is 2.45. The average Bonchev–Trinajstić information content (AvgIpc) is 2.30. The van der Waals surface area contributed by atoms with Crippen molar-refractivity contribution in [3.8, 4) is 0 Å². The van der Waals surface area contributed by atoms with E-state index in [4.69, 9.17) is 0 Å². The molecule has 13 heavy (non-hydrogen) atoms. The smallest absolute Gasteiger partial charge is 0.00701 e. The second kappa shape index (κ2) is 4.97. The third kappa shape index (κ3) is 3.28. The van der Waals surface area contributed by atoms with E-state index in [9.17, 15) is 0 Å². The van der Waals surface area contributed by atoms with Crippen molar-refractivity contribution in [2.45, 2.75) is 33.2 Å². The molecule has 1 aliphatic heterocycles. The summed E-state index contributed by atoms with van der Waals surface area (Å²) in [6, 6.07) is 0.800. The lowest BCUT2D eigenvalue weighted by Gasteiger charge is -2.24. The van der Waals surface area contributed by atoms with Gasteiger partial charge in [-0.1, -0.05) is 13.8 Å². The second-order valence-electron chi connectivity index (χ2n) is 4.81. The van der Waals surface area contributed by atoms with E-state index in [2.05, 4.69) is 31.0 Å². The van der Waals surface area contributed by atoms with Crippen LogP contribution >= 0.6 is 0 Å². The molecule has 0 amide bonds. The first-order chi connectivity index (χ1) is 6.13. The highest BCUT2D eigenvalue weighted by atomic mass is 15.2. The Morgan fingerprint density at radius 2 is 2.15 bits per heavy atom. The van der Waals surface area contributed by atoms with Gasteiger partial charge in [-0.3, -0.25) is 0 Å². The summed E-state index contributed by atoms with van der Waals surface area (Å²) in [5.41, 5.74) is 0. The van der Waals surface area contributed by atoms with Crippen LogP contribution in [-0.4, -0.2) is 37.6 Å². The Labute approximate surface area is 82.7 Å². The predicted octanol–water partition coefficient (Wildman–Crippen LogP) is 1.57. The first-order valence-corrected chi connectivity index (χ1v) is 5.52. The van der Waals surface area contributed by atoms with Crippen LogP contribution in [-0.2, 0) is 0 Å². The number of nitrogens with one attached hydrogen (secondary N) is 1. The zero-order chi connectivity index (χ0) is 9.84. The average molecular weight is 184 g/mol. The van der Waals surface area contributed by atoms with Crippen molar-refractivity contribution >= 4 is 0 Å². The summed E-state index contributed by atoms with van der Waals surface area (Å²) >= 11 is 0. The predicted molar refractivity (Wildman–Crippen MR) is 57.9 cm³/mol. The zero-order valence-corrected chi connectivity index (χ0v) is 9.51. The lowest BCUT2D eigenvalue weighted by molar-refractivity contribution is 0.228. The normalized spacial score (nSPS) is 32.3. The van der Waals surface area contributed by atoms with Gasteiger partial charge in [-0.15, -0.1) is 0 Å². The number of rotatable bonds is 4. The molecule has 3 atom stereocenters. The van der Waals surface area contributed by atoms with E-state index in [0.717, 1.165) is 24.4 Å². The van der Waals surface area contributed by atoms with Crippen LogP contribution in [0, 0.1) is 11.8 Å². The van der Waals surface area contributed by atoms with Crippen molar-refractivity contribution < 1.29 is 0 Å². The van der Waals surface area contributed by atoms with Crippen molar-refractivity contribution in [2.75, 3.05) is 26.7 Å². The van der Waals surface area contributed by atoms with Crippen LogP contribution in [0.2, 0.25) is 0 Å². The van der Waals surface area contributed by atoms with Crippen molar-refractivity contribution in [2.24, 2.45) is 11.8 Å². The molecule has 0 aromatic carbocycles. The van der Waals surface area contributed by atoms with Crippen LogP contribution in [0.25, 0.3) is 0 Å². The molecule has 3 unspecified atom stereocenters. The standard InChI is InChI=1S/C11H24N2/c1-9-5-11(3)13(7-9)8-10(2)6-12-4/h9-12H,5-8H2,1-4H3. The molecule has 0 saturated carbocycles. The number of nitrogens with zero attached hydrogens (tertiary/aromatic N) is 1. The van der Waals surface area contributed by atoms with Gasteiger partial charge in [0.15, 0.2) is 0 Å². The van der Waals surface area contributed by atoms with Crippen molar-refractivity contribution in [1.82, 2.24) is 10.2 Å². The van der Waals surface area contributed by atoms with E-state index in [1.165, 1.54) is 19.5 Å². The SMILES string of the molecule is CNCC(C)CN1CC(C)CC1C. The molecule has 0 aromatic heterocycles.